The fraction of sp³-hybridized carbons (Fsp3) is 0.606. The Morgan fingerprint density at radius 2 is 1.92 bits per heavy atom. The van der Waals surface area contributed by atoms with Crippen molar-refractivity contribution in [3.63, 3.8) is 0 Å². The molecule has 0 spiro atoms. The Labute approximate surface area is 301 Å². The van der Waals surface area contributed by atoms with E-state index in [1.54, 1.807) is 20.8 Å². The summed E-state index contributed by atoms with van der Waals surface area (Å²) in [5, 5.41) is 25.2. The van der Waals surface area contributed by atoms with Crippen LogP contribution < -0.4 is 15.6 Å². The van der Waals surface area contributed by atoms with Crippen LogP contribution in [0.25, 0.3) is 11.2 Å². The second-order valence-electron chi connectivity index (χ2n) is 12.9. The van der Waals surface area contributed by atoms with E-state index in [-0.39, 0.29) is 59.6 Å². The molecule has 51 heavy (non-hydrogen) atoms. The largest absolute Gasteiger partial charge is 0.476 e. The number of unbranched alkanes of at least 4 members (excludes halogenated alkanes) is 2. The molecule has 0 saturated carbocycles. The lowest BCUT2D eigenvalue weighted by molar-refractivity contribution is -0.147. The molecule has 1 fully saturated rings. The fourth-order valence-electron chi connectivity index (χ4n) is 5.18. The molecule has 5 atom stereocenters. The number of carbonyl (C=O) groups excluding carboxylic acids is 2. The second-order valence-corrected chi connectivity index (χ2v) is 15.8. The number of carbonyl (C=O) groups is 2. The van der Waals surface area contributed by atoms with E-state index in [0.717, 1.165) is 36.6 Å². The van der Waals surface area contributed by atoms with Gasteiger partial charge in [0.25, 0.3) is 0 Å². The minimum Gasteiger partial charge on any atom is -0.476 e. The summed E-state index contributed by atoms with van der Waals surface area (Å²) in [6, 6.07) is 9.17. The lowest BCUT2D eigenvalue weighted by Crippen LogP contribution is -2.44. The number of imidazole rings is 1. The number of aliphatic hydroxyl groups is 2. The first kappa shape index (κ1) is 40.6. The highest BCUT2D eigenvalue weighted by atomic mass is 32.2. The van der Waals surface area contributed by atoms with Gasteiger partial charge in [-0.15, -0.1) is 0 Å². The first-order valence-corrected chi connectivity index (χ1v) is 19.4. The number of esters is 1. The van der Waals surface area contributed by atoms with E-state index in [2.05, 4.69) is 20.0 Å². The van der Waals surface area contributed by atoms with Crippen molar-refractivity contribution in [2.24, 2.45) is 5.41 Å². The van der Waals surface area contributed by atoms with Crippen molar-refractivity contribution >= 4 is 47.7 Å². The number of nitrogens with two attached hydrogens (primary N) is 1. The molecule has 16 nitrogen and oxygen atoms in total. The normalized spacial score (nSPS) is 21.8. The number of ether oxygens (including phenoxy) is 3. The molecule has 1 aliphatic rings. The van der Waals surface area contributed by atoms with Crippen molar-refractivity contribution in [2.45, 2.75) is 90.9 Å². The number of aromatic nitrogens is 4. The highest BCUT2D eigenvalue weighted by Gasteiger charge is 2.54. The first-order valence-electron chi connectivity index (χ1n) is 16.9. The molecule has 0 radical (unpaired) electrons. The smallest absolute Gasteiger partial charge is 0.405 e. The minimum atomic E-state index is -4.07. The number of aliphatic hydroxyl groups excluding tert-OH is 1. The fourth-order valence-corrected chi connectivity index (χ4v) is 7.41. The second kappa shape index (κ2) is 18.1. The Morgan fingerprint density at radius 3 is 2.63 bits per heavy atom. The van der Waals surface area contributed by atoms with Crippen molar-refractivity contribution in [3.8, 4) is 5.88 Å². The third-order valence-electron chi connectivity index (χ3n) is 8.13. The Morgan fingerprint density at radius 1 is 1.18 bits per heavy atom. The van der Waals surface area contributed by atoms with E-state index in [0.29, 0.717) is 13.0 Å². The molecule has 3 heterocycles. The Bertz CT molecular complexity index is 1660. The average molecular weight is 753 g/mol. The van der Waals surface area contributed by atoms with Crippen LogP contribution in [-0.2, 0) is 39.2 Å². The summed E-state index contributed by atoms with van der Waals surface area (Å²) in [5.74, 6) is -0.131. The van der Waals surface area contributed by atoms with E-state index < -0.39 is 43.8 Å². The molecule has 18 heteroatoms. The molecule has 3 aromatic rings. The van der Waals surface area contributed by atoms with Gasteiger partial charge in [-0.05, 0) is 39.7 Å². The number of benzene rings is 1. The van der Waals surface area contributed by atoms with Gasteiger partial charge in [0.2, 0.25) is 11.8 Å². The topological polar surface area (TPSA) is 219 Å². The number of hydrogen-bond donors (Lipinski definition) is 4. The van der Waals surface area contributed by atoms with Crippen molar-refractivity contribution in [2.75, 3.05) is 37.9 Å². The molecule has 282 valence electrons. The molecule has 0 amide bonds. The van der Waals surface area contributed by atoms with E-state index in [1.807, 2.05) is 37.3 Å². The SMILES string of the molecule is CCCCCC(=O)OCC(C)(C)C(=O)SCCOP(=O)(NCc1ccccc1)OC[C@H]1O[C@@H](n2cnc3c(OCC)nc(N)nc32)[C@](C)(O)[C@@H]1O. The zero-order valence-corrected chi connectivity index (χ0v) is 31.4. The number of nitrogens with zero attached hydrogens (tertiary/aromatic N) is 4. The Kier molecular flexibility index (Phi) is 14.4. The maximum atomic E-state index is 14.0. The van der Waals surface area contributed by atoms with Crippen LogP contribution in [0.2, 0.25) is 0 Å². The van der Waals surface area contributed by atoms with Gasteiger partial charge in [0.15, 0.2) is 22.5 Å². The number of thioether (sulfide) groups is 1. The number of anilines is 1. The van der Waals surface area contributed by atoms with Gasteiger partial charge in [0.1, 0.15) is 24.4 Å². The van der Waals surface area contributed by atoms with Crippen molar-refractivity contribution < 1.29 is 47.6 Å². The third-order valence-corrected chi connectivity index (χ3v) is 10.9. The summed E-state index contributed by atoms with van der Waals surface area (Å²) < 4.78 is 43.9. The van der Waals surface area contributed by atoms with Crippen LogP contribution in [0, 0.1) is 5.41 Å². The highest BCUT2D eigenvalue weighted by molar-refractivity contribution is 8.13. The summed E-state index contributed by atoms with van der Waals surface area (Å²) in [4.78, 5) is 37.6. The van der Waals surface area contributed by atoms with Crippen LogP contribution in [0.3, 0.4) is 0 Å². The quantitative estimate of drug-likeness (QED) is 0.0723. The van der Waals surface area contributed by atoms with E-state index in [4.69, 9.17) is 29.0 Å². The summed E-state index contributed by atoms with van der Waals surface area (Å²) in [5.41, 5.74) is 4.38. The van der Waals surface area contributed by atoms with Crippen LogP contribution in [0.15, 0.2) is 36.7 Å². The molecular weight excluding hydrogens is 703 g/mol. The van der Waals surface area contributed by atoms with Crippen LogP contribution in [-0.4, -0.2) is 90.8 Å². The number of hydrogen-bond acceptors (Lipinski definition) is 15. The molecule has 4 rings (SSSR count). The number of nitrogens with one attached hydrogen (secondary N) is 1. The zero-order valence-electron chi connectivity index (χ0n) is 29.6. The molecule has 5 N–H and O–H groups in total. The summed E-state index contributed by atoms with van der Waals surface area (Å²) in [6.45, 7) is 8.39. The standard InChI is InChI=1S/C33H49N6O10PS/c1-6-8-10-15-24(40)46-20-32(3,4)30(42)51-17-16-47-50(44,36-18-22-13-11-9-12-14-22)48-19-23-26(41)33(5,43)29(49-23)39-21-35-25-27(39)37-31(34)38-28(25)45-7-2/h9,11-14,21,23,26,29,41,43H,6-8,10,15-20H2,1-5H3,(H,36,44)(H2,34,37,38)/t23-,26-,29-,33-,50?/m1/s1. The third kappa shape index (κ3) is 10.7. The van der Waals surface area contributed by atoms with Crippen LogP contribution in [0.1, 0.15) is 72.1 Å². The van der Waals surface area contributed by atoms with Gasteiger partial charge in [-0.1, -0.05) is 61.9 Å². The molecule has 1 unspecified atom stereocenters. The summed E-state index contributed by atoms with van der Waals surface area (Å²) >= 11 is 0.965. The minimum absolute atomic E-state index is 0.0533. The zero-order chi connectivity index (χ0) is 37.2. The maximum absolute atomic E-state index is 14.0. The predicted molar refractivity (Wildman–Crippen MR) is 191 cm³/mol. The van der Waals surface area contributed by atoms with Gasteiger partial charge >= 0.3 is 13.7 Å². The van der Waals surface area contributed by atoms with Crippen molar-refractivity contribution in [3.05, 3.63) is 42.2 Å². The molecule has 0 aliphatic carbocycles. The summed E-state index contributed by atoms with van der Waals surface area (Å²) in [6.07, 6.45) is 0.477. The van der Waals surface area contributed by atoms with Crippen molar-refractivity contribution in [1.82, 2.24) is 24.6 Å². The number of rotatable bonds is 20. The van der Waals surface area contributed by atoms with Gasteiger partial charge in [-0.3, -0.25) is 23.2 Å². The van der Waals surface area contributed by atoms with Gasteiger partial charge in [-0.2, -0.15) is 9.97 Å². The maximum Gasteiger partial charge on any atom is 0.405 e. The molecule has 2 aromatic heterocycles. The average Bonchev–Trinajstić information content (AvgIpc) is 3.61. The van der Waals surface area contributed by atoms with Crippen LogP contribution in [0.4, 0.5) is 5.95 Å². The van der Waals surface area contributed by atoms with Gasteiger partial charge in [0.05, 0.1) is 31.6 Å². The molecular formula is C33H49N6O10PS. The molecule has 1 saturated heterocycles. The Balaban J connectivity index is 1.39. The monoisotopic (exact) mass is 752 g/mol. The molecule has 1 aliphatic heterocycles. The highest BCUT2D eigenvalue weighted by Crippen LogP contribution is 2.47. The van der Waals surface area contributed by atoms with Crippen LogP contribution in [0.5, 0.6) is 5.88 Å². The lowest BCUT2D eigenvalue weighted by atomic mass is 9.96. The van der Waals surface area contributed by atoms with Gasteiger partial charge in [0, 0.05) is 18.7 Å². The first-order chi connectivity index (χ1) is 24.2. The van der Waals surface area contributed by atoms with E-state index in [1.165, 1.54) is 17.8 Å². The number of fused-ring (bicyclic) bond motifs is 1. The molecule has 0 bridgehead atoms. The van der Waals surface area contributed by atoms with Gasteiger partial charge < -0.3 is 30.2 Å². The van der Waals surface area contributed by atoms with Crippen LogP contribution >= 0.6 is 19.5 Å². The van der Waals surface area contributed by atoms with Crippen molar-refractivity contribution in [1.29, 1.82) is 0 Å². The van der Waals surface area contributed by atoms with Gasteiger partial charge in [-0.25, -0.2) is 14.6 Å². The Hall–Kier alpha value is -3.15. The van der Waals surface area contributed by atoms with E-state index >= 15 is 0 Å². The van der Waals surface area contributed by atoms with E-state index in [9.17, 15) is 24.4 Å². The number of nitrogen functional groups attached to an aromatic ring is 1. The predicted octanol–water partition coefficient (Wildman–Crippen LogP) is 4.16. The molecule has 1 aromatic carbocycles. The summed E-state index contributed by atoms with van der Waals surface area (Å²) in [7, 11) is -4.07. The lowest BCUT2D eigenvalue weighted by Gasteiger charge is -2.27.